The number of nitrogens with one attached hydrogen (secondary N) is 1. The Morgan fingerprint density at radius 1 is 1.19 bits per heavy atom. The average molecular weight is 366 g/mol. The van der Waals surface area contributed by atoms with Crippen LogP contribution in [0.15, 0.2) is 53.7 Å². The quantitative estimate of drug-likeness (QED) is 0.762. The second-order valence-electron chi connectivity index (χ2n) is 6.52. The summed E-state index contributed by atoms with van der Waals surface area (Å²) in [6.45, 7) is 1.47. The molecule has 0 bridgehead atoms. The molecule has 0 amide bonds. The number of nitrogens with zero attached hydrogens (tertiary/aromatic N) is 5. The van der Waals surface area contributed by atoms with Gasteiger partial charge in [-0.2, -0.15) is 0 Å². The molecule has 7 nitrogen and oxygen atoms in total. The van der Waals surface area contributed by atoms with Crippen LogP contribution in [-0.4, -0.2) is 38.7 Å². The van der Waals surface area contributed by atoms with Gasteiger partial charge in [0, 0.05) is 44.1 Å². The fraction of sp³-hybridized carbons (Fsp3) is 0.263. The molecule has 138 valence electrons. The predicted octanol–water partition coefficient (Wildman–Crippen LogP) is 2.07. The fourth-order valence-corrected chi connectivity index (χ4v) is 3.23. The molecule has 0 unspecified atom stereocenters. The molecule has 27 heavy (non-hydrogen) atoms. The van der Waals surface area contributed by atoms with Crippen molar-refractivity contribution >= 4 is 11.6 Å². The van der Waals surface area contributed by atoms with Gasteiger partial charge in [-0.15, -0.1) is 0 Å². The number of aromatic nitrogens is 4. The molecule has 0 saturated carbocycles. The Morgan fingerprint density at radius 3 is 2.74 bits per heavy atom. The standard InChI is InChI=1S/C19H19FN6O/c1-25-18(27)10-17(16-6-8-21-12-22-16)24-19(25)26-9-7-15(11-26)23-14-4-2-13(20)3-5-14/h2-6,8,10,12,15,23H,7,9,11H2,1H3/t15-/m0/s1. The molecule has 1 atom stereocenters. The second kappa shape index (κ2) is 7.14. The van der Waals surface area contributed by atoms with Crippen molar-refractivity contribution in [3.05, 3.63) is 65.1 Å². The van der Waals surface area contributed by atoms with Crippen molar-refractivity contribution < 1.29 is 4.39 Å². The summed E-state index contributed by atoms with van der Waals surface area (Å²) in [6, 6.07) is 9.72. The van der Waals surface area contributed by atoms with Gasteiger partial charge >= 0.3 is 0 Å². The zero-order valence-corrected chi connectivity index (χ0v) is 14.8. The third-order valence-electron chi connectivity index (χ3n) is 4.64. The molecular weight excluding hydrogens is 347 g/mol. The summed E-state index contributed by atoms with van der Waals surface area (Å²) < 4.78 is 14.6. The van der Waals surface area contributed by atoms with Gasteiger partial charge in [-0.25, -0.2) is 19.3 Å². The van der Waals surface area contributed by atoms with Crippen LogP contribution in [0.25, 0.3) is 11.4 Å². The van der Waals surface area contributed by atoms with E-state index in [-0.39, 0.29) is 17.4 Å². The summed E-state index contributed by atoms with van der Waals surface area (Å²) in [7, 11) is 1.72. The monoisotopic (exact) mass is 366 g/mol. The van der Waals surface area contributed by atoms with Gasteiger partial charge in [0.15, 0.2) is 0 Å². The maximum Gasteiger partial charge on any atom is 0.255 e. The zero-order valence-electron chi connectivity index (χ0n) is 14.8. The largest absolute Gasteiger partial charge is 0.380 e. The minimum atomic E-state index is -0.255. The molecule has 0 spiro atoms. The maximum atomic E-state index is 13.1. The van der Waals surface area contributed by atoms with E-state index in [2.05, 4.69) is 25.2 Å². The minimum Gasteiger partial charge on any atom is -0.380 e. The van der Waals surface area contributed by atoms with Gasteiger partial charge in [-0.3, -0.25) is 9.36 Å². The van der Waals surface area contributed by atoms with Crippen molar-refractivity contribution in [1.29, 1.82) is 0 Å². The number of hydrogen-bond acceptors (Lipinski definition) is 6. The van der Waals surface area contributed by atoms with E-state index < -0.39 is 0 Å². The van der Waals surface area contributed by atoms with E-state index in [1.54, 1.807) is 36.0 Å². The van der Waals surface area contributed by atoms with E-state index >= 15 is 0 Å². The lowest BCUT2D eigenvalue weighted by molar-refractivity contribution is 0.628. The first-order valence-corrected chi connectivity index (χ1v) is 8.71. The minimum absolute atomic E-state index is 0.136. The summed E-state index contributed by atoms with van der Waals surface area (Å²) in [4.78, 5) is 27.2. The summed E-state index contributed by atoms with van der Waals surface area (Å²) in [6.07, 6.45) is 3.96. The third-order valence-corrected chi connectivity index (χ3v) is 4.64. The predicted molar refractivity (Wildman–Crippen MR) is 101 cm³/mol. The van der Waals surface area contributed by atoms with Gasteiger partial charge in [-0.1, -0.05) is 0 Å². The third kappa shape index (κ3) is 3.64. The van der Waals surface area contributed by atoms with Gasteiger partial charge in [0.1, 0.15) is 12.1 Å². The van der Waals surface area contributed by atoms with Crippen molar-refractivity contribution in [3.8, 4) is 11.4 Å². The average Bonchev–Trinajstić information content (AvgIpc) is 3.14. The van der Waals surface area contributed by atoms with Crippen molar-refractivity contribution in [2.75, 3.05) is 23.3 Å². The molecule has 4 rings (SSSR count). The van der Waals surface area contributed by atoms with E-state index in [0.717, 1.165) is 18.7 Å². The van der Waals surface area contributed by atoms with Crippen LogP contribution in [0.5, 0.6) is 0 Å². The molecule has 0 aliphatic carbocycles. The highest BCUT2D eigenvalue weighted by Crippen LogP contribution is 2.22. The van der Waals surface area contributed by atoms with Crippen LogP contribution in [0, 0.1) is 5.82 Å². The highest BCUT2D eigenvalue weighted by molar-refractivity contribution is 5.55. The van der Waals surface area contributed by atoms with Crippen LogP contribution in [0.4, 0.5) is 16.0 Å². The summed E-state index contributed by atoms with van der Waals surface area (Å²) >= 11 is 0. The lowest BCUT2D eigenvalue weighted by Crippen LogP contribution is -2.32. The molecular formula is C19H19FN6O. The van der Waals surface area contributed by atoms with Crippen LogP contribution in [0.3, 0.4) is 0 Å². The SMILES string of the molecule is Cn1c(N2CC[C@H](Nc3ccc(F)cc3)C2)nc(-c2ccncn2)cc1=O. The molecule has 2 aromatic heterocycles. The van der Waals surface area contributed by atoms with Gasteiger partial charge in [0.25, 0.3) is 5.56 Å². The Balaban J connectivity index is 1.56. The van der Waals surface area contributed by atoms with Crippen molar-refractivity contribution in [3.63, 3.8) is 0 Å². The van der Waals surface area contributed by atoms with Crippen LogP contribution in [0.1, 0.15) is 6.42 Å². The Bertz CT molecular complexity index is 989. The molecule has 1 fully saturated rings. The molecule has 3 heterocycles. The highest BCUT2D eigenvalue weighted by atomic mass is 19.1. The van der Waals surface area contributed by atoms with Gasteiger partial charge in [0.2, 0.25) is 5.95 Å². The maximum absolute atomic E-state index is 13.1. The van der Waals surface area contributed by atoms with E-state index in [1.165, 1.54) is 24.5 Å². The molecule has 8 heteroatoms. The van der Waals surface area contributed by atoms with Gasteiger partial charge < -0.3 is 10.2 Å². The topological polar surface area (TPSA) is 75.9 Å². The van der Waals surface area contributed by atoms with E-state index in [9.17, 15) is 9.18 Å². The molecule has 1 aliphatic heterocycles. The highest BCUT2D eigenvalue weighted by Gasteiger charge is 2.25. The van der Waals surface area contributed by atoms with E-state index in [0.29, 0.717) is 23.9 Å². The lowest BCUT2D eigenvalue weighted by atomic mass is 10.2. The lowest BCUT2D eigenvalue weighted by Gasteiger charge is -2.21. The smallest absolute Gasteiger partial charge is 0.255 e. The molecule has 1 saturated heterocycles. The Morgan fingerprint density at radius 2 is 2.00 bits per heavy atom. The Labute approximate surface area is 155 Å². The Hall–Kier alpha value is -3.29. The van der Waals surface area contributed by atoms with Crippen LogP contribution < -0.4 is 15.8 Å². The second-order valence-corrected chi connectivity index (χ2v) is 6.52. The molecule has 1 aliphatic rings. The summed E-state index contributed by atoms with van der Waals surface area (Å²) in [5.74, 6) is 0.355. The summed E-state index contributed by atoms with van der Waals surface area (Å²) in [5.41, 5.74) is 1.89. The molecule has 3 aromatic rings. The first kappa shape index (κ1) is 17.1. The van der Waals surface area contributed by atoms with E-state index in [1.807, 2.05) is 0 Å². The fourth-order valence-electron chi connectivity index (χ4n) is 3.23. The molecule has 1 aromatic carbocycles. The van der Waals surface area contributed by atoms with Gasteiger partial charge in [-0.05, 0) is 36.8 Å². The van der Waals surface area contributed by atoms with Crippen LogP contribution >= 0.6 is 0 Å². The molecule has 1 N–H and O–H groups in total. The van der Waals surface area contributed by atoms with E-state index in [4.69, 9.17) is 0 Å². The van der Waals surface area contributed by atoms with Crippen LogP contribution in [-0.2, 0) is 7.05 Å². The summed E-state index contributed by atoms with van der Waals surface area (Å²) in [5, 5.41) is 3.40. The normalized spacial score (nSPS) is 16.5. The number of benzene rings is 1. The number of hydrogen-bond donors (Lipinski definition) is 1. The molecule has 0 radical (unpaired) electrons. The van der Waals surface area contributed by atoms with Crippen molar-refractivity contribution in [1.82, 2.24) is 19.5 Å². The Kier molecular flexibility index (Phi) is 4.53. The first-order valence-electron chi connectivity index (χ1n) is 8.71. The van der Waals surface area contributed by atoms with Crippen molar-refractivity contribution in [2.24, 2.45) is 7.05 Å². The van der Waals surface area contributed by atoms with Crippen LogP contribution in [0.2, 0.25) is 0 Å². The van der Waals surface area contributed by atoms with Gasteiger partial charge in [0.05, 0.1) is 11.4 Å². The number of anilines is 2. The first-order chi connectivity index (χ1) is 13.1. The number of rotatable bonds is 4. The zero-order chi connectivity index (χ0) is 18.8. The number of halogens is 1. The van der Waals surface area contributed by atoms with Crippen molar-refractivity contribution in [2.45, 2.75) is 12.5 Å².